The summed E-state index contributed by atoms with van der Waals surface area (Å²) in [5.74, 6) is 1.04. The van der Waals surface area contributed by atoms with E-state index in [0.29, 0.717) is 40.0 Å². The Morgan fingerprint density at radius 1 is 1.12 bits per heavy atom. The molecule has 0 aliphatic carbocycles. The van der Waals surface area contributed by atoms with Gasteiger partial charge < -0.3 is 13.6 Å². The van der Waals surface area contributed by atoms with E-state index in [1.54, 1.807) is 6.92 Å². The van der Waals surface area contributed by atoms with Crippen LogP contribution >= 0.6 is 0 Å². The average Bonchev–Trinajstić information content (AvgIpc) is 2.52. The summed E-state index contributed by atoms with van der Waals surface area (Å²) in [5, 5.41) is 0.867. The maximum absolute atomic E-state index is 12.6. The van der Waals surface area contributed by atoms with Crippen LogP contribution < -0.4 is 15.8 Å². The number of benzene rings is 1. The highest BCUT2D eigenvalue weighted by atomic mass is 16.5. The van der Waals surface area contributed by atoms with E-state index in [9.17, 15) is 9.59 Å². The van der Waals surface area contributed by atoms with E-state index in [4.69, 9.17) is 13.6 Å². The van der Waals surface area contributed by atoms with Crippen molar-refractivity contribution in [1.29, 1.82) is 0 Å². The lowest BCUT2D eigenvalue weighted by Crippen LogP contribution is -2.28. The lowest BCUT2D eigenvalue weighted by Gasteiger charge is -2.29. The molecular formula is C20H17O5. The number of fused-ring (bicyclic) bond motifs is 6. The van der Waals surface area contributed by atoms with Gasteiger partial charge in [-0.05, 0) is 44.9 Å². The predicted molar refractivity (Wildman–Crippen MR) is 95.2 cm³/mol. The van der Waals surface area contributed by atoms with Gasteiger partial charge in [-0.15, -0.1) is 0 Å². The molecule has 1 aliphatic heterocycles. The molecule has 0 unspecified atom stereocenters. The monoisotopic (exact) mass is 337 g/mol. The molecule has 1 radical (unpaired) electrons. The lowest BCUT2D eigenvalue weighted by atomic mass is 9.95. The SMILES string of the molecule is CCc1[c]c(=O)oc2c1c1c(c3oc(C)cc(=O)c32)C=CC(C)(C)O1. The molecule has 5 nitrogen and oxygen atoms in total. The summed E-state index contributed by atoms with van der Waals surface area (Å²) in [4.78, 5) is 24.6. The molecule has 3 heterocycles. The Labute approximate surface area is 143 Å². The fraction of sp³-hybridized carbons (Fsp3) is 0.300. The molecule has 0 atom stereocenters. The second kappa shape index (κ2) is 5.09. The Morgan fingerprint density at radius 3 is 2.60 bits per heavy atom. The van der Waals surface area contributed by atoms with Crippen LogP contribution in [-0.4, -0.2) is 5.60 Å². The first kappa shape index (κ1) is 15.7. The molecule has 0 saturated carbocycles. The molecule has 0 amide bonds. The van der Waals surface area contributed by atoms with Gasteiger partial charge in [-0.3, -0.25) is 4.79 Å². The topological polar surface area (TPSA) is 69.7 Å². The van der Waals surface area contributed by atoms with Crippen LogP contribution in [-0.2, 0) is 6.42 Å². The maximum Gasteiger partial charge on any atom is 0.344 e. The Morgan fingerprint density at radius 2 is 1.88 bits per heavy atom. The zero-order valence-electron chi connectivity index (χ0n) is 14.5. The van der Waals surface area contributed by atoms with Crippen LogP contribution in [0.2, 0.25) is 0 Å². The summed E-state index contributed by atoms with van der Waals surface area (Å²) in [5.41, 5.74) is 0.524. The Hall–Kier alpha value is -2.82. The van der Waals surface area contributed by atoms with E-state index in [0.717, 1.165) is 0 Å². The molecule has 0 saturated heterocycles. The van der Waals surface area contributed by atoms with E-state index in [2.05, 4.69) is 6.07 Å². The minimum absolute atomic E-state index is 0.203. The van der Waals surface area contributed by atoms with Crippen molar-refractivity contribution in [2.75, 3.05) is 0 Å². The molecule has 0 spiro atoms. The van der Waals surface area contributed by atoms with Crippen molar-refractivity contribution in [2.45, 2.75) is 39.7 Å². The van der Waals surface area contributed by atoms with E-state index in [1.807, 2.05) is 32.9 Å². The van der Waals surface area contributed by atoms with E-state index in [1.165, 1.54) is 6.07 Å². The normalized spacial score (nSPS) is 15.4. The third kappa shape index (κ3) is 2.30. The van der Waals surface area contributed by atoms with Crippen molar-refractivity contribution >= 4 is 28.0 Å². The lowest BCUT2D eigenvalue weighted by molar-refractivity contribution is 0.161. The number of hydrogen-bond acceptors (Lipinski definition) is 5. The van der Waals surface area contributed by atoms with Crippen LogP contribution in [0, 0.1) is 13.0 Å². The van der Waals surface area contributed by atoms with Crippen LogP contribution in [0.5, 0.6) is 5.75 Å². The number of hydrogen-bond donors (Lipinski definition) is 0. The number of rotatable bonds is 1. The van der Waals surface area contributed by atoms with E-state index in [-0.39, 0.29) is 16.4 Å². The zero-order valence-corrected chi connectivity index (χ0v) is 14.5. The summed E-state index contributed by atoms with van der Waals surface area (Å²) in [7, 11) is 0. The summed E-state index contributed by atoms with van der Waals surface area (Å²) < 4.78 is 17.4. The highest BCUT2D eigenvalue weighted by Gasteiger charge is 2.29. The van der Waals surface area contributed by atoms with Crippen LogP contribution in [0.4, 0.5) is 0 Å². The van der Waals surface area contributed by atoms with E-state index >= 15 is 0 Å². The first-order chi connectivity index (χ1) is 11.8. The van der Waals surface area contributed by atoms with Crippen molar-refractivity contribution in [1.82, 2.24) is 0 Å². The summed E-state index contributed by atoms with van der Waals surface area (Å²) in [6, 6.07) is 4.11. The molecule has 0 N–H and O–H groups in total. The first-order valence-corrected chi connectivity index (χ1v) is 8.18. The van der Waals surface area contributed by atoms with Crippen molar-refractivity contribution in [3.63, 3.8) is 0 Å². The van der Waals surface area contributed by atoms with Gasteiger partial charge in [0.15, 0.2) is 16.6 Å². The summed E-state index contributed by atoms with van der Waals surface area (Å²) >= 11 is 0. The molecule has 3 aromatic rings. The average molecular weight is 337 g/mol. The van der Waals surface area contributed by atoms with Gasteiger partial charge in [0, 0.05) is 6.07 Å². The Balaban J connectivity index is 2.36. The molecular weight excluding hydrogens is 320 g/mol. The van der Waals surface area contributed by atoms with Gasteiger partial charge in [-0.2, -0.15) is 0 Å². The number of ether oxygens (including phenoxy) is 1. The molecule has 0 fully saturated rings. The first-order valence-electron chi connectivity index (χ1n) is 8.18. The van der Waals surface area contributed by atoms with Crippen molar-refractivity contribution < 1.29 is 13.6 Å². The van der Waals surface area contributed by atoms with Gasteiger partial charge in [0.25, 0.3) is 0 Å². The summed E-state index contributed by atoms with van der Waals surface area (Å²) in [6.07, 6.45) is 4.37. The van der Waals surface area contributed by atoms with Crippen molar-refractivity contribution in [2.24, 2.45) is 0 Å². The van der Waals surface area contributed by atoms with Crippen LogP contribution in [0.3, 0.4) is 0 Å². The van der Waals surface area contributed by atoms with Crippen LogP contribution in [0.15, 0.2) is 30.6 Å². The van der Waals surface area contributed by atoms with Gasteiger partial charge in [-0.25, -0.2) is 4.79 Å². The quantitative estimate of drug-likeness (QED) is 0.499. The summed E-state index contributed by atoms with van der Waals surface area (Å²) in [6.45, 7) is 7.50. The van der Waals surface area contributed by atoms with Gasteiger partial charge in [0.05, 0.1) is 17.0 Å². The third-order valence-corrected chi connectivity index (χ3v) is 4.36. The molecule has 4 rings (SSSR count). The van der Waals surface area contributed by atoms with Gasteiger partial charge in [-0.1, -0.05) is 6.92 Å². The molecule has 0 bridgehead atoms. The molecule has 2 aromatic heterocycles. The van der Waals surface area contributed by atoms with Crippen molar-refractivity contribution in [3.8, 4) is 5.75 Å². The standard InChI is InChI=1S/C20H17O5/c1-5-11-9-14(22)24-19-15(11)18-12(6-7-20(3,4)25-18)17-16(19)13(21)8-10(2)23-17/h6-8H,5H2,1-4H3. The molecule has 5 heteroatoms. The van der Waals surface area contributed by atoms with Crippen LogP contribution in [0.25, 0.3) is 28.0 Å². The zero-order chi connectivity index (χ0) is 17.9. The molecule has 127 valence electrons. The highest BCUT2D eigenvalue weighted by Crippen LogP contribution is 2.43. The number of aryl methyl sites for hydroxylation is 2. The molecule has 1 aliphatic rings. The Bertz CT molecular complexity index is 1170. The second-order valence-corrected chi connectivity index (χ2v) is 6.76. The maximum atomic E-state index is 12.6. The van der Waals surface area contributed by atoms with Gasteiger partial charge in [0.1, 0.15) is 22.5 Å². The van der Waals surface area contributed by atoms with Crippen molar-refractivity contribution in [3.05, 3.63) is 55.7 Å². The largest absolute Gasteiger partial charge is 0.482 e. The smallest absolute Gasteiger partial charge is 0.344 e. The fourth-order valence-electron chi connectivity index (χ4n) is 3.26. The Kier molecular flexibility index (Phi) is 3.19. The highest BCUT2D eigenvalue weighted by molar-refractivity contribution is 6.10. The second-order valence-electron chi connectivity index (χ2n) is 6.76. The minimum atomic E-state index is -0.615. The predicted octanol–water partition coefficient (Wildman–Crippen LogP) is 3.75. The minimum Gasteiger partial charge on any atom is -0.482 e. The molecule has 1 aromatic carbocycles. The fourth-order valence-corrected chi connectivity index (χ4v) is 3.26. The third-order valence-electron chi connectivity index (χ3n) is 4.36. The van der Waals surface area contributed by atoms with Gasteiger partial charge in [0.2, 0.25) is 0 Å². The van der Waals surface area contributed by atoms with E-state index < -0.39 is 11.2 Å². The van der Waals surface area contributed by atoms with Gasteiger partial charge >= 0.3 is 5.63 Å². The van der Waals surface area contributed by atoms with Crippen LogP contribution in [0.1, 0.15) is 37.7 Å². The molecule has 25 heavy (non-hydrogen) atoms.